The molecule has 5 nitrogen and oxygen atoms in total. The van der Waals surface area contributed by atoms with E-state index >= 15 is 0 Å². The minimum absolute atomic E-state index is 0.0465. The van der Waals surface area contributed by atoms with Crippen LogP contribution in [0.15, 0.2) is 12.1 Å². The molecule has 0 aromatic heterocycles. The van der Waals surface area contributed by atoms with Crippen LogP contribution < -0.4 is 4.90 Å². The zero-order valence-electron chi connectivity index (χ0n) is 13.2. The number of halogens is 1. The van der Waals surface area contributed by atoms with Gasteiger partial charge in [0.1, 0.15) is 0 Å². The summed E-state index contributed by atoms with van der Waals surface area (Å²) in [4.78, 5) is 12.7. The van der Waals surface area contributed by atoms with Gasteiger partial charge in [0.05, 0.1) is 21.7 Å². The molecule has 1 atom stereocenters. The first-order valence-corrected chi connectivity index (χ1v) is 8.21. The molecule has 2 rings (SSSR count). The highest BCUT2D eigenvalue weighted by molar-refractivity contribution is 6.33. The summed E-state index contributed by atoms with van der Waals surface area (Å²) in [6.45, 7) is 6.58. The van der Waals surface area contributed by atoms with Crippen molar-refractivity contribution in [2.24, 2.45) is 0 Å². The molecule has 122 valence electrons. The molecule has 1 aromatic rings. The van der Waals surface area contributed by atoms with Crippen LogP contribution in [0.2, 0.25) is 5.02 Å². The van der Waals surface area contributed by atoms with Gasteiger partial charge in [0, 0.05) is 31.8 Å². The summed E-state index contributed by atoms with van der Waals surface area (Å²) in [5, 5.41) is 11.4. The second-order valence-electron chi connectivity index (χ2n) is 5.76. The van der Waals surface area contributed by atoms with Crippen LogP contribution in [0.5, 0.6) is 0 Å². The van der Waals surface area contributed by atoms with Gasteiger partial charge in [-0.2, -0.15) is 0 Å². The van der Waals surface area contributed by atoms with Crippen molar-refractivity contribution in [1.29, 1.82) is 0 Å². The first kappa shape index (κ1) is 17.0. The number of ether oxygens (including phenoxy) is 1. The van der Waals surface area contributed by atoms with Crippen molar-refractivity contribution in [3.63, 3.8) is 0 Å². The van der Waals surface area contributed by atoms with Crippen molar-refractivity contribution in [3.8, 4) is 0 Å². The van der Waals surface area contributed by atoms with Gasteiger partial charge in [0.15, 0.2) is 0 Å². The number of nitro benzene ring substituents is 1. The SMILES string of the molecule is CCCOC1CCCN(c2c(C)cc([N+](=O)[O-])cc2Cl)CC1. The van der Waals surface area contributed by atoms with Crippen LogP contribution in [-0.2, 0) is 4.74 Å². The van der Waals surface area contributed by atoms with Crippen molar-refractivity contribution in [2.75, 3.05) is 24.6 Å². The zero-order chi connectivity index (χ0) is 16.1. The van der Waals surface area contributed by atoms with Gasteiger partial charge in [-0.15, -0.1) is 0 Å². The first-order valence-electron chi connectivity index (χ1n) is 7.84. The van der Waals surface area contributed by atoms with E-state index in [0.29, 0.717) is 11.1 Å². The fourth-order valence-electron chi connectivity index (χ4n) is 2.96. The molecule has 1 unspecified atom stereocenters. The van der Waals surface area contributed by atoms with Gasteiger partial charge in [-0.1, -0.05) is 18.5 Å². The molecular formula is C16H23ClN2O3. The second-order valence-corrected chi connectivity index (χ2v) is 6.17. The summed E-state index contributed by atoms with van der Waals surface area (Å²) in [5.41, 5.74) is 1.82. The molecule has 1 aliphatic rings. The van der Waals surface area contributed by atoms with Crippen LogP contribution in [0.1, 0.15) is 38.2 Å². The van der Waals surface area contributed by atoms with Gasteiger partial charge in [-0.05, 0) is 38.2 Å². The lowest BCUT2D eigenvalue weighted by atomic mass is 10.1. The van der Waals surface area contributed by atoms with E-state index in [9.17, 15) is 10.1 Å². The van der Waals surface area contributed by atoms with Gasteiger partial charge in [0.25, 0.3) is 5.69 Å². The molecule has 0 bridgehead atoms. The highest BCUT2D eigenvalue weighted by atomic mass is 35.5. The Labute approximate surface area is 136 Å². The zero-order valence-corrected chi connectivity index (χ0v) is 13.9. The lowest BCUT2D eigenvalue weighted by molar-refractivity contribution is -0.384. The Bertz CT molecular complexity index is 513. The van der Waals surface area contributed by atoms with Gasteiger partial charge in [-0.3, -0.25) is 10.1 Å². The number of hydrogen-bond donors (Lipinski definition) is 0. The number of nitro groups is 1. The Morgan fingerprint density at radius 1 is 1.41 bits per heavy atom. The summed E-state index contributed by atoms with van der Waals surface area (Å²) < 4.78 is 5.86. The van der Waals surface area contributed by atoms with Crippen LogP contribution >= 0.6 is 11.6 Å². The molecule has 0 saturated carbocycles. The highest BCUT2D eigenvalue weighted by Gasteiger charge is 2.22. The van der Waals surface area contributed by atoms with E-state index in [1.807, 2.05) is 6.92 Å². The molecule has 6 heteroatoms. The quantitative estimate of drug-likeness (QED) is 0.596. The molecule has 1 fully saturated rings. The average Bonchev–Trinajstić information content (AvgIpc) is 2.70. The Balaban J connectivity index is 2.13. The monoisotopic (exact) mass is 326 g/mol. The van der Waals surface area contributed by atoms with Gasteiger partial charge in [-0.25, -0.2) is 0 Å². The smallest absolute Gasteiger partial charge is 0.271 e. The second kappa shape index (κ2) is 7.79. The maximum absolute atomic E-state index is 10.9. The Morgan fingerprint density at radius 2 is 2.18 bits per heavy atom. The van der Waals surface area contributed by atoms with E-state index in [4.69, 9.17) is 16.3 Å². The molecule has 1 saturated heterocycles. The van der Waals surface area contributed by atoms with Crippen LogP contribution in [0.4, 0.5) is 11.4 Å². The molecule has 0 N–H and O–H groups in total. The molecule has 1 aliphatic heterocycles. The number of hydrogen-bond acceptors (Lipinski definition) is 4. The van der Waals surface area contributed by atoms with E-state index in [1.165, 1.54) is 6.07 Å². The van der Waals surface area contributed by atoms with E-state index in [0.717, 1.165) is 56.6 Å². The van der Waals surface area contributed by atoms with Gasteiger partial charge >= 0.3 is 0 Å². The number of non-ortho nitro benzene ring substituents is 1. The lowest BCUT2D eigenvalue weighted by Crippen LogP contribution is -2.26. The van der Waals surface area contributed by atoms with Crippen molar-refractivity contribution in [2.45, 2.75) is 45.6 Å². The minimum Gasteiger partial charge on any atom is -0.378 e. The maximum atomic E-state index is 10.9. The van der Waals surface area contributed by atoms with Crippen LogP contribution in [0.3, 0.4) is 0 Å². The molecule has 0 radical (unpaired) electrons. The third kappa shape index (κ3) is 4.11. The van der Waals surface area contributed by atoms with Crippen LogP contribution in [0.25, 0.3) is 0 Å². The highest BCUT2D eigenvalue weighted by Crippen LogP contribution is 2.35. The van der Waals surface area contributed by atoms with Crippen LogP contribution in [-0.4, -0.2) is 30.7 Å². The third-order valence-electron chi connectivity index (χ3n) is 4.00. The molecule has 1 aromatic carbocycles. The van der Waals surface area contributed by atoms with Crippen LogP contribution in [0, 0.1) is 17.0 Å². The van der Waals surface area contributed by atoms with E-state index in [1.54, 1.807) is 6.07 Å². The Hall–Kier alpha value is -1.33. The van der Waals surface area contributed by atoms with Crippen molar-refractivity contribution >= 4 is 23.0 Å². The Morgan fingerprint density at radius 3 is 2.82 bits per heavy atom. The standard InChI is InChI=1S/C16H23ClN2O3/c1-3-9-22-14-5-4-7-18(8-6-14)16-12(2)10-13(19(20)21)11-15(16)17/h10-11,14H,3-9H2,1-2H3. The molecule has 1 heterocycles. The molecule has 22 heavy (non-hydrogen) atoms. The van der Waals surface area contributed by atoms with E-state index in [-0.39, 0.29) is 5.69 Å². The molecule has 0 aliphatic carbocycles. The molecular weight excluding hydrogens is 304 g/mol. The fourth-order valence-corrected chi connectivity index (χ4v) is 3.35. The number of anilines is 1. The number of aryl methyl sites for hydroxylation is 1. The summed E-state index contributed by atoms with van der Waals surface area (Å²) >= 11 is 6.31. The van der Waals surface area contributed by atoms with Crippen molar-refractivity contribution in [1.82, 2.24) is 0 Å². The largest absolute Gasteiger partial charge is 0.378 e. The fraction of sp³-hybridized carbons (Fsp3) is 0.625. The topological polar surface area (TPSA) is 55.6 Å². The van der Waals surface area contributed by atoms with Gasteiger partial charge in [0.2, 0.25) is 0 Å². The lowest BCUT2D eigenvalue weighted by Gasteiger charge is -2.25. The predicted octanol–water partition coefficient (Wildman–Crippen LogP) is 4.34. The molecule has 0 amide bonds. The van der Waals surface area contributed by atoms with Crippen molar-refractivity contribution < 1.29 is 9.66 Å². The van der Waals surface area contributed by atoms with E-state index < -0.39 is 4.92 Å². The average molecular weight is 327 g/mol. The summed E-state index contributed by atoms with van der Waals surface area (Å²) in [6, 6.07) is 3.04. The minimum atomic E-state index is -0.403. The Kier molecular flexibility index (Phi) is 6.03. The molecule has 0 spiro atoms. The summed E-state index contributed by atoms with van der Waals surface area (Å²) in [5.74, 6) is 0. The van der Waals surface area contributed by atoms with E-state index in [2.05, 4.69) is 11.8 Å². The first-order chi connectivity index (χ1) is 10.5. The van der Waals surface area contributed by atoms with Crippen molar-refractivity contribution in [3.05, 3.63) is 32.8 Å². The number of benzene rings is 1. The normalized spacial score (nSPS) is 19.0. The maximum Gasteiger partial charge on any atom is 0.271 e. The summed E-state index contributed by atoms with van der Waals surface area (Å²) in [7, 11) is 0. The summed E-state index contributed by atoms with van der Waals surface area (Å²) in [6.07, 6.45) is 4.41. The van der Waals surface area contributed by atoms with Gasteiger partial charge < -0.3 is 9.64 Å². The number of rotatable bonds is 5. The predicted molar refractivity (Wildman–Crippen MR) is 88.9 cm³/mol. The third-order valence-corrected chi connectivity index (χ3v) is 4.29. The number of nitrogens with zero attached hydrogens (tertiary/aromatic N) is 2.